The number of hydrogen-bond donors (Lipinski definition) is 1. The highest BCUT2D eigenvalue weighted by molar-refractivity contribution is 5.89. The minimum atomic E-state index is -0.0466. The predicted octanol–water partition coefficient (Wildman–Crippen LogP) is 3.30. The summed E-state index contributed by atoms with van der Waals surface area (Å²) < 4.78 is 0. The first-order valence-electron chi connectivity index (χ1n) is 6.55. The van der Waals surface area contributed by atoms with Crippen LogP contribution in [0.5, 0.6) is 0 Å². The molecule has 0 aromatic heterocycles. The summed E-state index contributed by atoms with van der Waals surface area (Å²) in [6, 6.07) is 6.22. The molecule has 0 heterocycles. The lowest BCUT2D eigenvalue weighted by molar-refractivity contribution is 0.224. The molecule has 18 heavy (non-hydrogen) atoms. The minimum absolute atomic E-state index is 0.0466. The van der Waals surface area contributed by atoms with E-state index in [1.807, 2.05) is 13.0 Å². The number of hydrogen-bond acceptors (Lipinski definition) is 1. The maximum Gasteiger partial charge on any atom is 0.321 e. The monoisotopic (exact) mass is 246 g/mol. The number of fused-ring (bicyclic) bond motifs is 1. The van der Waals surface area contributed by atoms with Gasteiger partial charge in [0.15, 0.2) is 0 Å². The fourth-order valence-electron chi connectivity index (χ4n) is 2.50. The van der Waals surface area contributed by atoms with Gasteiger partial charge in [-0.2, -0.15) is 0 Å². The molecule has 1 N–H and O–H groups in total. The van der Waals surface area contributed by atoms with Gasteiger partial charge in [-0.15, -0.1) is 0 Å². The van der Waals surface area contributed by atoms with E-state index in [-0.39, 0.29) is 6.03 Å². The summed E-state index contributed by atoms with van der Waals surface area (Å²) in [5.41, 5.74) is 4.04. The molecule has 0 atom stereocenters. The van der Waals surface area contributed by atoms with Crippen LogP contribution >= 0.6 is 0 Å². The van der Waals surface area contributed by atoms with Crippen molar-refractivity contribution in [2.75, 3.05) is 18.9 Å². The zero-order valence-corrected chi connectivity index (χ0v) is 11.7. The van der Waals surface area contributed by atoms with Gasteiger partial charge < -0.3 is 10.2 Å². The van der Waals surface area contributed by atoms with Crippen LogP contribution in [0.4, 0.5) is 10.5 Å². The normalized spacial score (nSPS) is 16.2. The lowest BCUT2D eigenvalue weighted by Crippen LogP contribution is -2.30. The molecule has 2 amide bonds. The first-order chi connectivity index (χ1) is 8.41. The molecular weight excluding hydrogens is 224 g/mol. The number of rotatable bonds is 2. The quantitative estimate of drug-likeness (QED) is 0.853. The van der Waals surface area contributed by atoms with Crippen molar-refractivity contribution in [3.8, 4) is 0 Å². The van der Waals surface area contributed by atoms with E-state index in [4.69, 9.17) is 0 Å². The van der Waals surface area contributed by atoms with E-state index in [1.54, 1.807) is 11.9 Å². The van der Waals surface area contributed by atoms with Crippen molar-refractivity contribution in [1.82, 2.24) is 4.90 Å². The Bertz CT molecular complexity index is 466. The van der Waals surface area contributed by atoms with Gasteiger partial charge in [0, 0.05) is 19.3 Å². The fraction of sp³-hybridized carbons (Fsp3) is 0.533. The van der Waals surface area contributed by atoms with Gasteiger partial charge in [-0.3, -0.25) is 0 Å². The summed E-state index contributed by atoms with van der Waals surface area (Å²) in [6.07, 6.45) is 2.22. The van der Waals surface area contributed by atoms with E-state index in [2.05, 4.69) is 31.3 Å². The van der Waals surface area contributed by atoms with E-state index in [0.717, 1.165) is 18.5 Å². The Morgan fingerprint density at radius 2 is 2.00 bits per heavy atom. The molecule has 0 saturated carbocycles. The van der Waals surface area contributed by atoms with Crippen LogP contribution in [0.15, 0.2) is 18.2 Å². The largest absolute Gasteiger partial charge is 0.328 e. The topological polar surface area (TPSA) is 32.3 Å². The van der Waals surface area contributed by atoms with Crippen LogP contribution in [0.25, 0.3) is 0 Å². The van der Waals surface area contributed by atoms with Crippen molar-refractivity contribution in [1.29, 1.82) is 0 Å². The third-order valence-electron chi connectivity index (χ3n) is 3.62. The van der Waals surface area contributed by atoms with Crippen molar-refractivity contribution in [3.63, 3.8) is 0 Å². The Morgan fingerprint density at radius 3 is 2.67 bits per heavy atom. The molecule has 2 rings (SSSR count). The van der Waals surface area contributed by atoms with Crippen molar-refractivity contribution < 1.29 is 4.79 Å². The summed E-state index contributed by atoms with van der Waals surface area (Å²) in [5, 5.41) is 2.94. The molecule has 1 aliphatic rings. The van der Waals surface area contributed by atoms with E-state index in [1.165, 1.54) is 11.1 Å². The molecule has 0 fully saturated rings. The van der Waals surface area contributed by atoms with Gasteiger partial charge in [-0.05, 0) is 48.4 Å². The van der Waals surface area contributed by atoms with Crippen molar-refractivity contribution >= 4 is 11.7 Å². The Balaban J connectivity index is 2.12. The van der Waals surface area contributed by atoms with Gasteiger partial charge in [0.05, 0.1) is 0 Å². The maximum absolute atomic E-state index is 11.8. The first kappa shape index (κ1) is 12.9. The van der Waals surface area contributed by atoms with Gasteiger partial charge in [-0.1, -0.05) is 19.9 Å². The average Bonchev–Trinajstić information content (AvgIpc) is 2.61. The van der Waals surface area contributed by atoms with Crippen molar-refractivity contribution in [3.05, 3.63) is 29.3 Å². The zero-order chi connectivity index (χ0) is 13.3. The first-order valence-corrected chi connectivity index (χ1v) is 6.55. The molecular formula is C15H22N2O. The van der Waals surface area contributed by atoms with E-state index < -0.39 is 0 Å². The van der Waals surface area contributed by atoms with Crippen LogP contribution in [0.2, 0.25) is 0 Å². The average molecular weight is 246 g/mol. The second kappa shape index (κ2) is 4.63. The minimum Gasteiger partial charge on any atom is -0.328 e. The molecule has 1 aromatic rings. The lowest BCUT2D eigenvalue weighted by atomic mass is 9.90. The summed E-state index contributed by atoms with van der Waals surface area (Å²) in [7, 11) is 1.80. The van der Waals surface area contributed by atoms with Gasteiger partial charge in [0.1, 0.15) is 0 Å². The maximum atomic E-state index is 11.8. The van der Waals surface area contributed by atoms with Crippen molar-refractivity contribution in [2.24, 2.45) is 5.41 Å². The van der Waals surface area contributed by atoms with Gasteiger partial charge in [0.2, 0.25) is 0 Å². The Morgan fingerprint density at radius 1 is 1.33 bits per heavy atom. The standard InChI is InChI=1S/C15H22N2O/c1-5-17(4)14(18)16-13-7-6-11-9-15(2,3)10-12(11)8-13/h6-8H,5,9-10H2,1-4H3,(H,16,18). The number of benzene rings is 1. The molecule has 0 bridgehead atoms. The third-order valence-corrected chi connectivity index (χ3v) is 3.62. The van der Waals surface area contributed by atoms with Gasteiger partial charge >= 0.3 is 6.03 Å². The van der Waals surface area contributed by atoms with Crippen LogP contribution in [0.3, 0.4) is 0 Å². The van der Waals surface area contributed by atoms with E-state index in [0.29, 0.717) is 12.0 Å². The molecule has 0 spiro atoms. The Labute approximate surface area is 109 Å². The molecule has 98 valence electrons. The number of amides is 2. The van der Waals surface area contributed by atoms with Crippen LogP contribution in [0, 0.1) is 5.41 Å². The number of nitrogens with one attached hydrogen (secondary N) is 1. The molecule has 1 aromatic carbocycles. The number of nitrogens with zero attached hydrogens (tertiary/aromatic N) is 1. The summed E-state index contributed by atoms with van der Waals surface area (Å²) in [4.78, 5) is 13.4. The molecule has 3 nitrogen and oxygen atoms in total. The Kier molecular flexibility index (Phi) is 3.33. The highest BCUT2D eigenvalue weighted by atomic mass is 16.2. The third kappa shape index (κ3) is 2.66. The molecule has 1 aliphatic carbocycles. The molecule has 0 unspecified atom stereocenters. The van der Waals surface area contributed by atoms with Crippen LogP contribution in [-0.4, -0.2) is 24.5 Å². The second-order valence-corrected chi connectivity index (χ2v) is 5.95. The summed E-state index contributed by atoms with van der Waals surface area (Å²) in [5.74, 6) is 0. The summed E-state index contributed by atoms with van der Waals surface area (Å²) >= 11 is 0. The number of anilines is 1. The molecule has 0 saturated heterocycles. The number of carbonyl (C=O) groups is 1. The fourth-order valence-corrected chi connectivity index (χ4v) is 2.50. The molecule has 0 radical (unpaired) electrons. The summed E-state index contributed by atoms with van der Waals surface area (Å²) in [6.45, 7) is 7.25. The van der Waals surface area contributed by atoms with Crippen LogP contribution in [0.1, 0.15) is 31.9 Å². The smallest absolute Gasteiger partial charge is 0.321 e. The van der Waals surface area contributed by atoms with Crippen LogP contribution < -0.4 is 5.32 Å². The zero-order valence-electron chi connectivity index (χ0n) is 11.7. The van der Waals surface area contributed by atoms with E-state index >= 15 is 0 Å². The molecule has 0 aliphatic heterocycles. The Hall–Kier alpha value is -1.51. The van der Waals surface area contributed by atoms with Crippen LogP contribution in [-0.2, 0) is 12.8 Å². The number of carbonyl (C=O) groups excluding carboxylic acids is 1. The van der Waals surface area contributed by atoms with Gasteiger partial charge in [0.25, 0.3) is 0 Å². The van der Waals surface area contributed by atoms with Gasteiger partial charge in [-0.25, -0.2) is 4.79 Å². The number of urea groups is 1. The second-order valence-electron chi connectivity index (χ2n) is 5.95. The SMILES string of the molecule is CCN(C)C(=O)Nc1ccc2c(c1)CC(C)(C)C2. The lowest BCUT2D eigenvalue weighted by Gasteiger charge is -2.16. The highest BCUT2D eigenvalue weighted by Gasteiger charge is 2.28. The van der Waals surface area contributed by atoms with Crippen molar-refractivity contribution in [2.45, 2.75) is 33.6 Å². The highest BCUT2D eigenvalue weighted by Crippen LogP contribution is 2.37. The predicted molar refractivity (Wildman–Crippen MR) is 75.0 cm³/mol. The molecule has 3 heteroatoms. The van der Waals surface area contributed by atoms with E-state index in [9.17, 15) is 4.79 Å².